The van der Waals surface area contributed by atoms with Gasteiger partial charge < -0.3 is 37.1 Å². The van der Waals surface area contributed by atoms with E-state index in [1.165, 1.54) is 19.2 Å². The van der Waals surface area contributed by atoms with Gasteiger partial charge in [-0.1, -0.05) is 18.2 Å². The van der Waals surface area contributed by atoms with E-state index < -0.39 is 29.7 Å². The lowest BCUT2D eigenvalue weighted by molar-refractivity contribution is -0.113. The van der Waals surface area contributed by atoms with Crippen LogP contribution in [-0.2, 0) is 11.3 Å². The Labute approximate surface area is 223 Å². The molecule has 3 aromatic carbocycles. The number of allylic oxidation sites excluding steroid dienone is 1. The summed E-state index contributed by atoms with van der Waals surface area (Å²) >= 11 is 0. The van der Waals surface area contributed by atoms with Crippen molar-refractivity contribution in [2.45, 2.75) is 19.5 Å². The second kappa shape index (κ2) is 11.5. The molecule has 1 aliphatic rings. The summed E-state index contributed by atoms with van der Waals surface area (Å²) in [6.45, 7) is 1.70. The predicted octanol–water partition coefficient (Wildman–Crippen LogP) is 3.61. The number of rotatable bonds is 8. The Bertz CT molecular complexity index is 1500. The molecule has 7 N–H and O–H groups in total. The smallest absolute Gasteiger partial charge is 0.319 e. The third-order valence-corrected chi connectivity index (χ3v) is 6.17. The van der Waals surface area contributed by atoms with E-state index in [1.54, 1.807) is 49.4 Å². The number of benzene rings is 3. The van der Waals surface area contributed by atoms with Crippen LogP contribution in [0.25, 0.3) is 0 Å². The van der Waals surface area contributed by atoms with Crippen molar-refractivity contribution in [3.8, 4) is 5.75 Å². The summed E-state index contributed by atoms with van der Waals surface area (Å²) in [7, 11) is 1.53. The molecule has 3 aromatic rings. The maximum absolute atomic E-state index is 14.7. The van der Waals surface area contributed by atoms with Crippen molar-refractivity contribution in [3.63, 3.8) is 0 Å². The molecule has 0 aliphatic carbocycles. The van der Waals surface area contributed by atoms with Crippen molar-refractivity contribution in [2.75, 3.05) is 18.2 Å². The van der Waals surface area contributed by atoms with Gasteiger partial charge in [-0.3, -0.25) is 9.59 Å². The quantitative estimate of drug-likeness (QED) is 0.194. The third-order valence-electron chi connectivity index (χ3n) is 6.17. The second-order valence-corrected chi connectivity index (χ2v) is 8.79. The van der Waals surface area contributed by atoms with Gasteiger partial charge in [0.1, 0.15) is 11.6 Å². The van der Waals surface area contributed by atoms with Crippen molar-refractivity contribution < 1.29 is 23.5 Å². The van der Waals surface area contributed by atoms with Crippen LogP contribution in [-0.4, -0.2) is 31.2 Å². The molecular weight excluding hydrogens is 503 g/mol. The van der Waals surface area contributed by atoms with Gasteiger partial charge in [0.15, 0.2) is 0 Å². The highest BCUT2D eigenvalue weighted by molar-refractivity contribution is 6.07. The zero-order valence-corrected chi connectivity index (χ0v) is 21.2. The van der Waals surface area contributed by atoms with Crippen LogP contribution in [0, 0.1) is 11.2 Å². The van der Waals surface area contributed by atoms with E-state index in [-0.39, 0.29) is 23.4 Å². The van der Waals surface area contributed by atoms with Gasteiger partial charge >= 0.3 is 6.03 Å². The molecule has 1 aliphatic heterocycles. The minimum atomic E-state index is -0.972. The lowest BCUT2D eigenvalue weighted by Gasteiger charge is -2.29. The molecule has 0 saturated carbocycles. The normalized spacial score (nSPS) is 14.6. The predicted molar refractivity (Wildman–Crippen MR) is 145 cm³/mol. The Hall–Kier alpha value is -5.19. The number of urea groups is 1. The number of ether oxygens (including phenoxy) is 1. The fourth-order valence-corrected chi connectivity index (χ4v) is 4.18. The number of nitrogen functional groups attached to an aromatic ring is 1. The number of methoxy groups -OCH3 is 1. The van der Waals surface area contributed by atoms with Crippen LogP contribution in [0.2, 0.25) is 0 Å². The lowest BCUT2D eigenvalue weighted by atomic mass is 9.93. The van der Waals surface area contributed by atoms with Crippen molar-refractivity contribution in [1.29, 1.82) is 5.41 Å². The highest BCUT2D eigenvalue weighted by Gasteiger charge is 2.32. The Morgan fingerprint density at radius 1 is 1.13 bits per heavy atom. The second-order valence-electron chi connectivity index (χ2n) is 8.79. The summed E-state index contributed by atoms with van der Waals surface area (Å²) in [6, 6.07) is 14.1. The zero-order valence-electron chi connectivity index (χ0n) is 21.2. The number of anilines is 2. The SMILES string of the molecule is COc1cccc(CNC(=O)c2cc(C3NC(=O)NC(C)=C3C(=O)Nc3ccc(N)c(C=N)c3)ccc2F)c1. The summed E-state index contributed by atoms with van der Waals surface area (Å²) in [5.74, 6) is -1.34. The summed E-state index contributed by atoms with van der Waals surface area (Å²) in [5.41, 5.74) is 8.33. The average molecular weight is 531 g/mol. The first-order valence-corrected chi connectivity index (χ1v) is 11.9. The Balaban J connectivity index is 1.60. The van der Waals surface area contributed by atoms with Gasteiger partial charge in [0.05, 0.1) is 24.3 Å². The summed E-state index contributed by atoms with van der Waals surface area (Å²) in [5, 5.41) is 18.1. The van der Waals surface area contributed by atoms with Crippen LogP contribution in [0.5, 0.6) is 5.75 Å². The average Bonchev–Trinajstić information content (AvgIpc) is 2.92. The lowest BCUT2D eigenvalue weighted by Crippen LogP contribution is -2.46. The number of halogens is 1. The maximum atomic E-state index is 14.7. The molecule has 1 unspecified atom stereocenters. The molecule has 10 nitrogen and oxygen atoms in total. The van der Waals surface area contributed by atoms with Gasteiger partial charge in [0.2, 0.25) is 0 Å². The van der Waals surface area contributed by atoms with E-state index in [0.29, 0.717) is 28.3 Å². The molecule has 1 heterocycles. The van der Waals surface area contributed by atoms with Gasteiger partial charge in [-0.2, -0.15) is 0 Å². The molecule has 39 heavy (non-hydrogen) atoms. The summed E-state index contributed by atoms with van der Waals surface area (Å²) < 4.78 is 19.9. The number of carbonyl (C=O) groups is 3. The van der Waals surface area contributed by atoms with Crippen LogP contribution >= 0.6 is 0 Å². The van der Waals surface area contributed by atoms with E-state index in [2.05, 4.69) is 21.3 Å². The molecule has 200 valence electrons. The number of hydrogen-bond acceptors (Lipinski definition) is 6. The Morgan fingerprint density at radius 2 is 1.92 bits per heavy atom. The highest BCUT2D eigenvalue weighted by Crippen LogP contribution is 2.29. The monoisotopic (exact) mass is 530 g/mol. The molecule has 4 rings (SSSR count). The molecule has 4 amide bonds. The highest BCUT2D eigenvalue weighted by atomic mass is 19.1. The van der Waals surface area contributed by atoms with Gasteiger partial charge in [-0.25, -0.2) is 9.18 Å². The first-order valence-electron chi connectivity index (χ1n) is 11.9. The van der Waals surface area contributed by atoms with E-state index in [4.69, 9.17) is 15.9 Å². The van der Waals surface area contributed by atoms with Crippen molar-refractivity contribution >= 4 is 35.4 Å². The van der Waals surface area contributed by atoms with Gasteiger partial charge in [-0.15, -0.1) is 0 Å². The molecule has 11 heteroatoms. The van der Waals surface area contributed by atoms with Gasteiger partial charge in [-0.05, 0) is 60.5 Å². The summed E-state index contributed by atoms with van der Waals surface area (Å²) in [4.78, 5) is 38.5. The van der Waals surface area contributed by atoms with Crippen LogP contribution in [0.1, 0.15) is 40.0 Å². The fraction of sp³-hybridized carbons (Fsp3) is 0.143. The summed E-state index contributed by atoms with van der Waals surface area (Å²) in [6.07, 6.45) is 1.07. The first kappa shape index (κ1) is 26.9. The molecule has 1 atom stereocenters. The molecule has 0 spiro atoms. The van der Waals surface area contributed by atoms with Gasteiger partial charge in [0, 0.05) is 35.4 Å². The van der Waals surface area contributed by atoms with Crippen molar-refractivity contribution in [2.24, 2.45) is 0 Å². The molecule has 0 radical (unpaired) electrons. The molecule has 0 aromatic heterocycles. The van der Waals surface area contributed by atoms with Crippen LogP contribution in [0.4, 0.5) is 20.6 Å². The molecule has 0 saturated heterocycles. The van der Waals surface area contributed by atoms with E-state index >= 15 is 0 Å². The fourth-order valence-electron chi connectivity index (χ4n) is 4.18. The molecule has 0 fully saturated rings. The standard InChI is InChI=1S/C28H27FN6O4/c1-15-24(27(37)34-19-7-9-23(31)18(11-19)13-30)25(35-28(38)33-15)17-6-8-22(29)21(12-17)26(36)32-14-16-4-3-5-20(10-16)39-2/h3-13,25,30H,14,31H2,1-2H3,(H,32,36)(H,34,37)(H2,33,35,38). The number of nitrogens with two attached hydrogens (primary N) is 1. The third kappa shape index (κ3) is 6.04. The number of nitrogens with one attached hydrogen (secondary N) is 5. The van der Waals surface area contributed by atoms with Crippen LogP contribution in [0.3, 0.4) is 0 Å². The zero-order chi connectivity index (χ0) is 28.1. The van der Waals surface area contributed by atoms with Crippen LogP contribution in [0.15, 0.2) is 71.9 Å². The molecular formula is C28H27FN6O4. The largest absolute Gasteiger partial charge is 0.497 e. The van der Waals surface area contributed by atoms with E-state index in [0.717, 1.165) is 17.8 Å². The minimum absolute atomic E-state index is 0.135. The van der Waals surface area contributed by atoms with Gasteiger partial charge in [0.25, 0.3) is 11.8 Å². The number of amides is 4. The van der Waals surface area contributed by atoms with Crippen LogP contribution < -0.4 is 31.7 Å². The van der Waals surface area contributed by atoms with E-state index in [1.807, 2.05) is 0 Å². The number of hydrogen-bond donors (Lipinski definition) is 6. The van der Waals surface area contributed by atoms with E-state index in [9.17, 15) is 18.8 Å². The topological polar surface area (TPSA) is 158 Å². The maximum Gasteiger partial charge on any atom is 0.319 e. The Kier molecular flexibility index (Phi) is 7.90. The Morgan fingerprint density at radius 3 is 2.67 bits per heavy atom. The first-order chi connectivity index (χ1) is 18.7. The van der Waals surface area contributed by atoms with Crippen molar-refractivity contribution in [3.05, 3.63) is 100 Å². The molecule has 0 bridgehead atoms. The van der Waals surface area contributed by atoms with Crippen molar-refractivity contribution in [1.82, 2.24) is 16.0 Å². The minimum Gasteiger partial charge on any atom is -0.497 e. The number of carbonyl (C=O) groups excluding carboxylic acids is 3.